The molecular formula is C13H19N3. The molecule has 3 nitrogen and oxygen atoms in total. The Balaban J connectivity index is 2.60. The van der Waals surface area contributed by atoms with Crippen molar-refractivity contribution in [3.63, 3.8) is 0 Å². The zero-order valence-corrected chi connectivity index (χ0v) is 10.1. The second-order valence-electron chi connectivity index (χ2n) is 4.82. The molecule has 1 unspecified atom stereocenters. The highest BCUT2D eigenvalue weighted by Crippen LogP contribution is 2.13. The summed E-state index contributed by atoms with van der Waals surface area (Å²) in [5, 5.41) is 12.1. The number of nitrogens with two attached hydrogens (primary N) is 1. The smallest absolute Gasteiger partial charge is 0.0991 e. The highest BCUT2D eigenvalue weighted by Gasteiger charge is 2.12. The number of rotatable bonds is 4. The van der Waals surface area contributed by atoms with Gasteiger partial charge >= 0.3 is 0 Å². The maximum absolute atomic E-state index is 8.69. The topological polar surface area (TPSA) is 61.8 Å². The molecule has 0 saturated heterocycles. The fourth-order valence-electron chi connectivity index (χ4n) is 1.38. The average molecular weight is 217 g/mol. The van der Waals surface area contributed by atoms with Gasteiger partial charge in [0.05, 0.1) is 11.6 Å². The Bertz CT molecular complexity index is 368. The summed E-state index contributed by atoms with van der Waals surface area (Å²) >= 11 is 0. The fourth-order valence-corrected chi connectivity index (χ4v) is 1.38. The number of benzene rings is 1. The molecule has 0 spiro atoms. The summed E-state index contributed by atoms with van der Waals surface area (Å²) in [5.74, 6) is 0. The first-order valence-electron chi connectivity index (χ1n) is 5.45. The highest BCUT2D eigenvalue weighted by molar-refractivity contribution is 5.32. The van der Waals surface area contributed by atoms with Gasteiger partial charge in [0.2, 0.25) is 0 Å². The first-order chi connectivity index (χ1) is 7.42. The van der Waals surface area contributed by atoms with E-state index in [0.717, 1.165) is 6.54 Å². The van der Waals surface area contributed by atoms with E-state index in [0.29, 0.717) is 5.56 Å². The lowest BCUT2D eigenvalue weighted by Gasteiger charge is -2.23. The Kier molecular flexibility index (Phi) is 4.05. The average Bonchev–Trinajstić information content (AvgIpc) is 2.25. The predicted molar refractivity (Wildman–Crippen MR) is 65.8 cm³/mol. The van der Waals surface area contributed by atoms with Crippen LogP contribution in [-0.2, 0) is 0 Å². The van der Waals surface area contributed by atoms with Gasteiger partial charge in [0.1, 0.15) is 0 Å². The number of hydrogen-bond donors (Lipinski definition) is 2. The van der Waals surface area contributed by atoms with E-state index in [-0.39, 0.29) is 11.6 Å². The summed E-state index contributed by atoms with van der Waals surface area (Å²) in [4.78, 5) is 0. The molecule has 3 N–H and O–H groups in total. The Morgan fingerprint density at radius 2 is 1.94 bits per heavy atom. The Hall–Kier alpha value is -1.37. The Morgan fingerprint density at radius 3 is 2.38 bits per heavy atom. The zero-order valence-electron chi connectivity index (χ0n) is 10.1. The summed E-state index contributed by atoms with van der Waals surface area (Å²) < 4.78 is 0. The lowest BCUT2D eigenvalue weighted by molar-refractivity contribution is 0.434. The van der Waals surface area contributed by atoms with E-state index in [4.69, 9.17) is 11.0 Å². The number of nitriles is 1. The summed E-state index contributed by atoms with van der Waals surface area (Å²) in [5.41, 5.74) is 7.55. The third-order valence-corrected chi connectivity index (χ3v) is 2.40. The van der Waals surface area contributed by atoms with Gasteiger partial charge in [-0.05, 0) is 38.5 Å². The largest absolute Gasteiger partial charge is 0.324 e. The van der Waals surface area contributed by atoms with Crippen molar-refractivity contribution < 1.29 is 0 Å². The number of nitrogens with zero attached hydrogens (tertiary/aromatic N) is 1. The fraction of sp³-hybridized carbons (Fsp3) is 0.462. The molecular weight excluding hydrogens is 198 g/mol. The molecule has 1 atom stereocenters. The maximum atomic E-state index is 8.69. The van der Waals surface area contributed by atoms with Gasteiger partial charge in [-0.3, -0.25) is 0 Å². The van der Waals surface area contributed by atoms with Crippen LogP contribution in [0.2, 0.25) is 0 Å². The van der Waals surface area contributed by atoms with Crippen molar-refractivity contribution in [3.8, 4) is 6.07 Å². The molecule has 0 aromatic heterocycles. The van der Waals surface area contributed by atoms with Crippen LogP contribution in [0, 0.1) is 11.3 Å². The molecule has 0 saturated carbocycles. The minimum atomic E-state index is -0.207. The molecule has 0 bridgehead atoms. The van der Waals surface area contributed by atoms with Crippen molar-refractivity contribution in [1.82, 2.24) is 5.32 Å². The van der Waals surface area contributed by atoms with E-state index in [1.165, 1.54) is 5.56 Å². The molecule has 0 aliphatic carbocycles. The lowest BCUT2D eigenvalue weighted by atomic mass is 10.0. The molecule has 16 heavy (non-hydrogen) atoms. The third-order valence-electron chi connectivity index (χ3n) is 2.40. The zero-order chi connectivity index (χ0) is 12.2. The van der Waals surface area contributed by atoms with E-state index in [2.05, 4.69) is 18.3 Å². The van der Waals surface area contributed by atoms with Crippen LogP contribution in [0.5, 0.6) is 0 Å². The second-order valence-corrected chi connectivity index (χ2v) is 4.82. The van der Waals surface area contributed by atoms with Crippen LogP contribution in [0.3, 0.4) is 0 Å². The minimum absolute atomic E-state index is 0.207. The van der Waals surface area contributed by atoms with Gasteiger partial charge in [0.15, 0.2) is 0 Å². The van der Waals surface area contributed by atoms with E-state index in [1.54, 1.807) is 0 Å². The van der Waals surface area contributed by atoms with Gasteiger partial charge in [0, 0.05) is 18.1 Å². The van der Waals surface area contributed by atoms with Crippen molar-refractivity contribution in [1.29, 1.82) is 5.26 Å². The van der Waals surface area contributed by atoms with Crippen LogP contribution >= 0.6 is 0 Å². The van der Waals surface area contributed by atoms with Crippen LogP contribution in [0.15, 0.2) is 24.3 Å². The van der Waals surface area contributed by atoms with Gasteiger partial charge in [-0.2, -0.15) is 5.26 Å². The van der Waals surface area contributed by atoms with Gasteiger partial charge in [-0.25, -0.2) is 0 Å². The molecule has 3 heteroatoms. The van der Waals surface area contributed by atoms with Crippen LogP contribution in [-0.4, -0.2) is 12.1 Å². The molecule has 0 heterocycles. The van der Waals surface area contributed by atoms with Gasteiger partial charge in [0.25, 0.3) is 0 Å². The first-order valence-corrected chi connectivity index (χ1v) is 5.45. The summed E-state index contributed by atoms with van der Waals surface area (Å²) in [7, 11) is 0. The van der Waals surface area contributed by atoms with Crippen molar-refractivity contribution >= 4 is 0 Å². The molecule has 0 fully saturated rings. The molecule has 1 aromatic carbocycles. The summed E-state index contributed by atoms with van der Waals surface area (Å²) in [6.07, 6.45) is 0. The van der Waals surface area contributed by atoms with Crippen molar-refractivity contribution in [3.05, 3.63) is 35.4 Å². The standard InChI is InChI=1S/C13H19N3/c1-10(16-9-13(2,3)15)12-6-4-11(8-14)5-7-12/h4-7,10,16H,9,15H2,1-3H3. The summed E-state index contributed by atoms with van der Waals surface area (Å²) in [6, 6.07) is 9.97. The predicted octanol–water partition coefficient (Wildman–Crippen LogP) is 1.95. The second kappa shape index (κ2) is 5.11. The minimum Gasteiger partial charge on any atom is -0.324 e. The molecule has 0 radical (unpaired) electrons. The van der Waals surface area contributed by atoms with Gasteiger partial charge in [-0.1, -0.05) is 12.1 Å². The quantitative estimate of drug-likeness (QED) is 0.810. The summed E-state index contributed by atoms with van der Waals surface area (Å²) in [6.45, 7) is 6.83. The molecule has 1 rings (SSSR count). The van der Waals surface area contributed by atoms with E-state index in [9.17, 15) is 0 Å². The molecule has 0 amide bonds. The van der Waals surface area contributed by atoms with Crippen LogP contribution in [0.1, 0.15) is 37.9 Å². The van der Waals surface area contributed by atoms with E-state index in [1.807, 2.05) is 38.1 Å². The maximum Gasteiger partial charge on any atom is 0.0991 e. The van der Waals surface area contributed by atoms with E-state index >= 15 is 0 Å². The SMILES string of the molecule is CC(NCC(C)(C)N)c1ccc(C#N)cc1. The molecule has 0 aliphatic heterocycles. The Labute approximate surface area is 97.3 Å². The number of hydrogen-bond acceptors (Lipinski definition) is 3. The monoisotopic (exact) mass is 217 g/mol. The van der Waals surface area contributed by atoms with Crippen LogP contribution in [0.25, 0.3) is 0 Å². The highest BCUT2D eigenvalue weighted by atomic mass is 14.9. The normalized spacial score (nSPS) is 13.2. The van der Waals surface area contributed by atoms with Gasteiger partial charge < -0.3 is 11.1 Å². The van der Waals surface area contributed by atoms with Crippen LogP contribution in [0.4, 0.5) is 0 Å². The van der Waals surface area contributed by atoms with Crippen molar-refractivity contribution in [2.45, 2.75) is 32.4 Å². The third kappa shape index (κ3) is 4.01. The molecule has 1 aromatic rings. The molecule has 86 valence electrons. The van der Waals surface area contributed by atoms with Crippen molar-refractivity contribution in [2.75, 3.05) is 6.54 Å². The van der Waals surface area contributed by atoms with Gasteiger partial charge in [-0.15, -0.1) is 0 Å². The van der Waals surface area contributed by atoms with Crippen LogP contribution < -0.4 is 11.1 Å². The first kappa shape index (κ1) is 12.7. The van der Waals surface area contributed by atoms with E-state index < -0.39 is 0 Å². The van der Waals surface area contributed by atoms with Crippen molar-refractivity contribution in [2.24, 2.45) is 5.73 Å². The Morgan fingerprint density at radius 1 is 1.38 bits per heavy atom. The number of nitrogens with one attached hydrogen (secondary N) is 1. The molecule has 0 aliphatic rings. The lowest BCUT2D eigenvalue weighted by Crippen LogP contribution is -2.43.